The van der Waals surface area contributed by atoms with Gasteiger partial charge in [-0.15, -0.1) is 0 Å². The molecular formula is C21H24NO2+. The van der Waals surface area contributed by atoms with Crippen molar-refractivity contribution in [2.45, 2.75) is 6.10 Å². The molecule has 0 saturated carbocycles. The summed E-state index contributed by atoms with van der Waals surface area (Å²) in [7, 11) is 4.19. The molecule has 0 aliphatic heterocycles. The van der Waals surface area contributed by atoms with Gasteiger partial charge in [0.1, 0.15) is 30.7 Å². The molecule has 0 aliphatic rings. The number of benzene rings is 3. The molecule has 0 heterocycles. The molecule has 3 rings (SSSR count). The zero-order valence-electron chi connectivity index (χ0n) is 14.2. The van der Waals surface area contributed by atoms with Crippen LogP contribution in [0.3, 0.4) is 0 Å². The van der Waals surface area contributed by atoms with E-state index >= 15 is 0 Å². The van der Waals surface area contributed by atoms with E-state index in [0.717, 1.165) is 16.5 Å². The average Bonchev–Trinajstić information content (AvgIpc) is 2.60. The fraction of sp³-hybridized carbons (Fsp3) is 0.238. The van der Waals surface area contributed by atoms with Crippen LogP contribution in [0.5, 0.6) is 5.75 Å². The van der Waals surface area contributed by atoms with Crippen LogP contribution in [0.15, 0.2) is 72.8 Å². The zero-order chi connectivity index (χ0) is 17.0. The number of rotatable bonds is 6. The Labute approximate surface area is 143 Å². The first-order valence-corrected chi connectivity index (χ1v) is 8.23. The van der Waals surface area contributed by atoms with E-state index < -0.39 is 6.10 Å². The number of aliphatic hydroxyl groups is 1. The summed E-state index contributed by atoms with van der Waals surface area (Å²) in [6.07, 6.45) is -0.542. The highest BCUT2D eigenvalue weighted by atomic mass is 16.5. The molecule has 1 unspecified atom stereocenters. The zero-order valence-corrected chi connectivity index (χ0v) is 14.2. The molecule has 3 aromatic carbocycles. The van der Waals surface area contributed by atoms with Crippen molar-refractivity contribution in [2.75, 3.05) is 27.2 Å². The Morgan fingerprint density at radius 1 is 0.875 bits per heavy atom. The molecule has 3 aromatic rings. The van der Waals surface area contributed by atoms with E-state index in [4.69, 9.17) is 4.74 Å². The monoisotopic (exact) mass is 322 g/mol. The van der Waals surface area contributed by atoms with E-state index in [-0.39, 0.29) is 6.61 Å². The number of likely N-dealkylation sites (N-methyl/N-ethyl adjacent to an activating group) is 1. The third-order valence-corrected chi connectivity index (χ3v) is 4.30. The maximum absolute atomic E-state index is 10.4. The molecular weight excluding hydrogens is 298 g/mol. The summed E-state index contributed by atoms with van der Waals surface area (Å²) in [5, 5.41) is 12.7. The molecule has 0 fully saturated rings. The number of nitrogens with zero attached hydrogens (tertiary/aromatic N) is 1. The normalized spacial score (nSPS) is 13.0. The number of aliphatic hydroxyl groups excluding tert-OH is 1. The molecule has 0 spiro atoms. The quantitative estimate of drug-likeness (QED) is 0.699. The fourth-order valence-electron chi connectivity index (χ4n) is 3.02. The van der Waals surface area contributed by atoms with Gasteiger partial charge in [0, 0.05) is 5.39 Å². The number of hydrogen-bond donors (Lipinski definition) is 1. The molecule has 1 atom stereocenters. The molecule has 1 N–H and O–H groups in total. The van der Waals surface area contributed by atoms with Gasteiger partial charge in [0.05, 0.1) is 14.1 Å². The van der Waals surface area contributed by atoms with Gasteiger partial charge >= 0.3 is 0 Å². The topological polar surface area (TPSA) is 29.5 Å². The standard InChI is InChI=1S/C21H24NO2/c1-22(2,18-11-4-3-5-12-18)15-19(23)16-24-21-14-8-10-17-9-6-7-13-20(17)21/h3-14,19,23H,15-16H2,1-2H3/q+1. The summed E-state index contributed by atoms with van der Waals surface area (Å²) < 4.78 is 6.51. The molecule has 24 heavy (non-hydrogen) atoms. The van der Waals surface area contributed by atoms with Crippen molar-refractivity contribution < 1.29 is 9.84 Å². The highest BCUT2D eigenvalue weighted by Crippen LogP contribution is 2.25. The minimum Gasteiger partial charge on any atom is -0.490 e. The van der Waals surface area contributed by atoms with Crippen LogP contribution in [0.1, 0.15) is 0 Å². The Morgan fingerprint density at radius 3 is 2.33 bits per heavy atom. The summed E-state index contributed by atoms with van der Waals surface area (Å²) in [6.45, 7) is 0.872. The first-order valence-electron chi connectivity index (χ1n) is 8.23. The lowest BCUT2D eigenvalue weighted by atomic mass is 10.1. The van der Waals surface area contributed by atoms with Crippen molar-refractivity contribution in [2.24, 2.45) is 0 Å². The summed E-state index contributed by atoms with van der Waals surface area (Å²) in [5.41, 5.74) is 1.17. The summed E-state index contributed by atoms with van der Waals surface area (Å²) >= 11 is 0. The second-order valence-electron chi connectivity index (χ2n) is 6.65. The predicted molar refractivity (Wildman–Crippen MR) is 100 cm³/mol. The van der Waals surface area contributed by atoms with Crippen LogP contribution in [-0.4, -0.2) is 38.5 Å². The largest absolute Gasteiger partial charge is 0.490 e. The molecule has 0 saturated heterocycles. The Balaban J connectivity index is 1.66. The molecule has 0 amide bonds. The number of fused-ring (bicyclic) bond motifs is 1. The van der Waals surface area contributed by atoms with Crippen LogP contribution >= 0.6 is 0 Å². The van der Waals surface area contributed by atoms with Gasteiger partial charge in [-0.25, -0.2) is 0 Å². The highest BCUT2D eigenvalue weighted by Gasteiger charge is 2.23. The molecule has 0 radical (unpaired) electrons. The van der Waals surface area contributed by atoms with E-state index in [1.807, 2.05) is 48.5 Å². The van der Waals surface area contributed by atoms with Gasteiger partial charge in [-0.1, -0.05) is 54.6 Å². The van der Waals surface area contributed by atoms with Gasteiger partial charge < -0.3 is 9.84 Å². The maximum atomic E-state index is 10.4. The first-order chi connectivity index (χ1) is 11.6. The summed E-state index contributed by atoms with van der Waals surface area (Å²) in [6, 6.07) is 24.3. The SMILES string of the molecule is C[N+](C)(CC(O)COc1cccc2ccccc12)c1ccccc1. The number of hydrogen-bond acceptors (Lipinski definition) is 2. The molecule has 0 aromatic heterocycles. The summed E-state index contributed by atoms with van der Waals surface area (Å²) in [4.78, 5) is 0. The number of para-hydroxylation sites is 1. The molecule has 3 nitrogen and oxygen atoms in total. The van der Waals surface area contributed by atoms with E-state index in [1.165, 1.54) is 5.69 Å². The second kappa shape index (κ2) is 7.04. The van der Waals surface area contributed by atoms with Crippen LogP contribution in [-0.2, 0) is 0 Å². The average molecular weight is 322 g/mol. The Hall–Kier alpha value is -2.36. The van der Waals surface area contributed by atoms with Crippen LogP contribution in [0.25, 0.3) is 10.8 Å². The van der Waals surface area contributed by atoms with Crippen molar-refractivity contribution >= 4 is 16.5 Å². The Morgan fingerprint density at radius 2 is 1.54 bits per heavy atom. The lowest BCUT2D eigenvalue weighted by molar-refractivity contribution is 0.0847. The van der Waals surface area contributed by atoms with Gasteiger partial charge in [-0.05, 0) is 23.6 Å². The minimum atomic E-state index is -0.542. The van der Waals surface area contributed by atoms with Gasteiger partial charge in [-0.2, -0.15) is 0 Å². The lowest BCUT2D eigenvalue weighted by Crippen LogP contribution is -2.47. The Bertz CT molecular complexity index is 794. The smallest absolute Gasteiger partial charge is 0.137 e. The van der Waals surface area contributed by atoms with Crippen LogP contribution in [0.4, 0.5) is 5.69 Å². The summed E-state index contributed by atoms with van der Waals surface area (Å²) in [5.74, 6) is 0.817. The maximum Gasteiger partial charge on any atom is 0.137 e. The number of quaternary nitrogens is 1. The molecule has 124 valence electrons. The van der Waals surface area contributed by atoms with E-state index in [2.05, 4.69) is 38.4 Å². The fourth-order valence-corrected chi connectivity index (χ4v) is 3.02. The van der Waals surface area contributed by atoms with Crippen molar-refractivity contribution in [3.63, 3.8) is 0 Å². The van der Waals surface area contributed by atoms with E-state index in [9.17, 15) is 5.11 Å². The van der Waals surface area contributed by atoms with E-state index in [0.29, 0.717) is 11.0 Å². The minimum absolute atomic E-state index is 0.280. The third kappa shape index (κ3) is 3.75. The van der Waals surface area contributed by atoms with Gasteiger partial charge in [-0.3, -0.25) is 4.48 Å². The van der Waals surface area contributed by atoms with Crippen LogP contribution < -0.4 is 9.22 Å². The van der Waals surface area contributed by atoms with Crippen molar-refractivity contribution in [1.29, 1.82) is 0 Å². The van der Waals surface area contributed by atoms with Gasteiger partial charge in [0.2, 0.25) is 0 Å². The second-order valence-corrected chi connectivity index (χ2v) is 6.65. The van der Waals surface area contributed by atoms with Crippen molar-refractivity contribution in [1.82, 2.24) is 4.48 Å². The first kappa shape index (κ1) is 16.5. The van der Waals surface area contributed by atoms with Crippen molar-refractivity contribution in [3.8, 4) is 5.75 Å². The van der Waals surface area contributed by atoms with Crippen molar-refractivity contribution in [3.05, 3.63) is 72.8 Å². The van der Waals surface area contributed by atoms with E-state index in [1.54, 1.807) is 0 Å². The van der Waals surface area contributed by atoms with Crippen LogP contribution in [0, 0.1) is 0 Å². The molecule has 0 aliphatic carbocycles. The molecule has 3 heteroatoms. The predicted octanol–water partition coefficient (Wildman–Crippen LogP) is 3.85. The van der Waals surface area contributed by atoms with Crippen LogP contribution in [0.2, 0.25) is 0 Å². The molecule has 0 bridgehead atoms. The van der Waals surface area contributed by atoms with Gasteiger partial charge in [0.25, 0.3) is 0 Å². The number of ether oxygens (including phenoxy) is 1. The Kier molecular flexibility index (Phi) is 4.84. The lowest BCUT2D eigenvalue weighted by Gasteiger charge is -2.31. The third-order valence-electron chi connectivity index (χ3n) is 4.30. The van der Waals surface area contributed by atoms with Gasteiger partial charge in [0.15, 0.2) is 0 Å². The highest BCUT2D eigenvalue weighted by molar-refractivity contribution is 5.88.